The van der Waals surface area contributed by atoms with Crippen molar-refractivity contribution in [1.29, 1.82) is 0 Å². The molecule has 0 bridgehead atoms. The summed E-state index contributed by atoms with van der Waals surface area (Å²) in [6, 6.07) is 1.50. The van der Waals surface area contributed by atoms with Crippen LogP contribution in [0, 0.1) is 0 Å². The highest BCUT2D eigenvalue weighted by molar-refractivity contribution is 6.32. The molecule has 3 heterocycles. The Bertz CT molecular complexity index is 751. The number of aromatic nitrogens is 3. The summed E-state index contributed by atoms with van der Waals surface area (Å²) in [5.41, 5.74) is 0.329. The molecule has 0 aliphatic carbocycles. The van der Waals surface area contributed by atoms with E-state index in [1.54, 1.807) is 24.1 Å². The van der Waals surface area contributed by atoms with Gasteiger partial charge < -0.3 is 19.5 Å². The molecule has 1 fully saturated rings. The van der Waals surface area contributed by atoms with Gasteiger partial charge in [-0.15, -0.1) is 0 Å². The highest BCUT2D eigenvalue weighted by Crippen LogP contribution is 2.24. The molecule has 1 aliphatic heterocycles. The summed E-state index contributed by atoms with van der Waals surface area (Å²) >= 11 is 6.01. The van der Waals surface area contributed by atoms with Gasteiger partial charge in [0.1, 0.15) is 17.2 Å². The van der Waals surface area contributed by atoms with Crippen LogP contribution in [0.5, 0.6) is 11.6 Å². The van der Waals surface area contributed by atoms with Crippen molar-refractivity contribution in [2.75, 3.05) is 20.2 Å². The van der Waals surface area contributed by atoms with Gasteiger partial charge in [-0.25, -0.2) is 4.98 Å². The third-order valence-electron chi connectivity index (χ3n) is 3.74. The number of pyridine rings is 1. The lowest BCUT2D eigenvalue weighted by atomic mass is 10.2. The molecule has 0 saturated carbocycles. The van der Waals surface area contributed by atoms with Crippen LogP contribution in [0.1, 0.15) is 10.4 Å². The van der Waals surface area contributed by atoms with E-state index in [9.17, 15) is 9.90 Å². The first-order valence-electron chi connectivity index (χ1n) is 7.30. The molecule has 2 aromatic heterocycles. The molecule has 8 nitrogen and oxygen atoms in total. The topological polar surface area (TPSA) is 89.7 Å². The minimum absolute atomic E-state index is 0.174. The molecule has 1 saturated heterocycles. The van der Waals surface area contributed by atoms with Crippen LogP contribution in [0.25, 0.3) is 0 Å². The zero-order valence-corrected chi connectivity index (χ0v) is 14.0. The Morgan fingerprint density at radius 2 is 2.21 bits per heavy atom. The van der Waals surface area contributed by atoms with Gasteiger partial charge in [0.25, 0.3) is 5.91 Å². The molecule has 2 atom stereocenters. The van der Waals surface area contributed by atoms with Crippen molar-refractivity contribution in [3.8, 4) is 11.6 Å². The SMILES string of the molecule is COc1ncc(C(=O)N2C[C@@H](O)[C@H](Oc3cnn(C)c3)C2)cc1Cl. The molecule has 1 aliphatic rings. The van der Waals surface area contributed by atoms with Crippen molar-refractivity contribution in [3.05, 3.63) is 35.2 Å². The number of hydrogen-bond acceptors (Lipinski definition) is 6. The van der Waals surface area contributed by atoms with Gasteiger partial charge in [-0.2, -0.15) is 5.10 Å². The van der Waals surface area contributed by atoms with Crippen LogP contribution < -0.4 is 9.47 Å². The summed E-state index contributed by atoms with van der Waals surface area (Å²) in [5.74, 6) is 0.529. The van der Waals surface area contributed by atoms with Gasteiger partial charge in [0.2, 0.25) is 5.88 Å². The third kappa shape index (κ3) is 3.29. The van der Waals surface area contributed by atoms with E-state index in [0.29, 0.717) is 11.3 Å². The van der Waals surface area contributed by atoms with E-state index >= 15 is 0 Å². The first-order valence-corrected chi connectivity index (χ1v) is 7.68. The van der Waals surface area contributed by atoms with Crippen molar-refractivity contribution in [3.63, 3.8) is 0 Å². The van der Waals surface area contributed by atoms with E-state index in [2.05, 4.69) is 10.1 Å². The highest BCUT2D eigenvalue weighted by atomic mass is 35.5. The summed E-state index contributed by atoms with van der Waals surface area (Å²) < 4.78 is 12.3. The average Bonchev–Trinajstić information content (AvgIpc) is 3.13. The van der Waals surface area contributed by atoms with Crippen LogP contribution in [0.2, 0.25) is 5.02 Å². The predicted molar refractivity (Wildman–Crippen MR) is 85.3 cm³/mol. The van der Waals surface area contributed by atoms with Crippen molar-refractivity contribution >= 4 is 17.5 Å². The van der Waals surface area contributed by atoms with Gasteiger partial charge in [-0.05, 0) is 6.07 Å². The largest absolute Gasteiger partial charge is 0.482 e. The van der Waals surface area contributed by atoms with Crippen LogP contribution in [0.3, 0.4) is 0 Å². The van der Waals surface area contributed by atoms with Crippen molar-refractivity contribution < 1.29 is 19.4 Å². The van der Waals surface area contributed by atoms with Crippen LogP contribution in [-0.4, -0.2) is 63.1 Å². The maximum Gasteiger partial charge on any atom is 0.255 e. The molecule has 1 amide bonds. The molecular formula is C15H17ClN4O4. The van der Waals surface area contributed by atoms with Crippen LogP contribution in [0.4, 0.5) is 0 Å². The number of carbonyl (C=O) groups excluding carboxylic acids is 1. The fraction of sp³-hybridized carbons (Fsp3) is 0.400. The normalized spacial score (nSPS) is 20.2. The van der Waals surface area contributed by atoms with Gasteiger partial charge in [0.05, 0.1) is 38.2 Å². The van der Waals surface area contributed by atoms with E-state index in [4.69, 9.17) is 21.1 Å². The molecule has 0 radical (unpaired) electrons. The number of halogens is 1. The summed E-state index contributed by atoms with van der Waals surface area (Å²) in [5, 5.41) is 14.4. The molecular weight excluding hydrogens is 336 g/mol. The number of ether oxygens (including phenoxy) is 2. The fourth-order valence-corrected chi connectivity index (χ4v) is 2.79. The number of rotatable bonds is 4. The predicted octanol–water partition coefficient (Wildman–Crippen LogP) is 0.741. The Hall–Kier alpha value is -2.32. The van der Waals surface area contributed by atoms with Gasteiger partial charge in [-0.1, -0.05) is 11.6 Å². The molecule has 128 valence electrons. The lowest BCUT2D eigenvalue weighted by Crippen LogP contribution is -2.31. The second-order valence-electron chi connectivity index (χ2n) is 5.50. The lowest BCUT2D eigenvalue weighted by Gasteiger charge is -2.16. The van der Waals surface area contributed by atoms with Crippen LogP contribution in [-0.2, 0) is 7.05 Å². The summed E-state index contributed by atoms with van der Waals surface area (Å²) in [7, 11) is 3.22. The Balaban J connectivity index is 1.69. The number of methoxy groups -OCH3 is 1. The van der Waals surface area contributed by atoms with Crippen LogP contribution in [0.15, 0.2) is 24.7 Å². The monoisotopic (exact) mass is 352 g/mol. The van der Waals surface area contributed by atoms with Gasteiger partial charge in [0, 0.05) is 13.2 Å². The number of carbonyl (C=O) groups is 1. The molecule has 0 unspecified atom stereocenters. The Labute approximate surface area is 143 Å². The number of aliphatic hydroxyl groups excluding tert-OH is 1. The number of aryl methyl sites for hydroxylation is 1. The number of nitrogens with zero attached hydrogens (tertiary/aromatic N) is 4. The summed E-state index contributed by atoms with van der Waals surface area (Å²) in [4.78, 5) is 18.0. The van der Waals surface area contributed by atoms with E-state index < -0.39 is 12.2 Å². The van der Waals surface area contributed by atoms with E-state index in [1.807, 2.05) is 0 Å². The number of aliphatic hydroxyl groups is 1. The quantitative estimate of drug-likeness (QED) is 0.873. The molecule has 3 rings (SSSR count). The second kappa shape index (κ2) is 6.66. The lowest BCUT2D eigenvalue weighted by molar-refractivity contribution is 0.0729. The summed E-state index contributed by atoms with van der Waals surface area (Å²) in [6.07, 6.45) is 3.36. The fourth-order valence-electron chi connectivity index (χ4n) is 2.55. The van der Waals surface area contributed by atoms with E-state index in [1.165, 1.54) is 24.3 Å². The number of β-amino-alcohol motifs (C(OH)–C–C–N with tert-alkyl or cyclic N) is 1. The molecule has 0 aromatic carbocycles. The minimum Gasteiger partial charge on any atom is -0.482 e. The van der Waals surface area contributed by atoms with E-state index in [-0.39, 0.29) is 29.9 Å². The zero-order valence-electron chi connectivity index (χ0n) is 13.2. The number of hydrogen-bond donors (Lipinski definition) is 1. The minimum atomic E-state index is -0.782. The summed E-state index contributed by atoms with van der Waals surface area (Å²) in [6.45, 7) is 0.436. The standard InChI is InChI=1S/C15H17ClN4O4/c1-19-6-10(5-18-19)24-13-8-20(7-12(13)21)15(22)9-3-11(16)14(23-2)17-4-9/h3-6,12-13,21H,7-8H2,1-2H3/t12-,13-/m1/s1. The van der Waals surface area contributed by atoms with Crippen molar-refractivity contribution in [2.45, 2.75) is 12.2 Å². The third-order valence-corrected chi connectivity index (χ3v) is 4.01. The first-order chi connectivity index (χ1) is 11.5. The van der Waals surface area contributed by atoms with E-state index in [0.717, 1.165) is 0 Å². The smallest absolute Gasteiger partial charge is 0.255 e. The van der Waals surface area contributed by atoms with Crippen molar-refractivity contribution in [2.24, 2.45) is 7.05 Å². The Morgan fingerprint density at radius 1 is 1.42 bits per heavy atom. The molecule has 0 spiro atoms. The number of amides is 1. The number of likely N-dealkylation sites (tertiary alicyclic amines) is 1. The Morgan fingerprint density at radius 3 is 2.83 bits per heavy atom. The molecule has 1 N–H and O–H groups in total. The van der Waals surface area contributed by atoms with Crippen molar-refractivity contribution in [1.82, 2.24) is 19.7 Å². The molecule has 24 heavy (non-hydrogen) atoms. The maximum atomic E-state index is 12.5. The van der Waals surface area contributed by atoms with Gasteiger partial charge in [0.15, 0.2) is 5.75 Å². The van der Waals surface area contributed by atoms with Gasteiger partial charge in [-0.3, -0.25) is 9.48 Å². The maximum absolute atomic E-state index is 12.5. The van der Waals surface area contributed by atoms with Gasteiger partial charge >= 0.3 is 0 Å². The highest BCUT2D eigenvalue weighted by Gasteiger charge is 2.36. The second-order valence-corrected chi connectivity index (χ2v) is 5.91. The molecule has 2 aromatic rings. The Kier molecular flexibility index (Phi) is 4.59. The first kappa shape index (κ1) is 16.5. The van der Waals surface area contributed by atoms with Crippen LogP contribution >= 0.6 is 11.6 Å². The molecule has 9 heteroatoms. The average molecular weight is 353 g/mol. The zero-order chi connectivity index (χ0) is 17.3.